The highest BCUT2D eigenvalue weighted by atomic mass is 35.5. The minimum absolute atomic E-state index is 0.0164. The molecule has 0 saturated carbocycles. The molecule has 0 radical (unpaired) electrons. The standard InChI is InChI=1S/C10H9ClF3NO/c1-2-16-6-15-9-4-3-7(11)5-8(9)10(12,13)14/h3-6H,2H2,1H3. The van der Waals surface area contributed by atoms with E-state index in [-0.39, 0.29) is 10.7 Å². The van der Waals surface area contributed by atoms with Crippen molar-refractivity contribution in [2.45, 2.75) is 13.1 Å². The highest BCUT2D eigenvalue weighted by Gasteiger charge is 2.33. The summed E-state index contributed by atoms with van der Waals surface area (Å²) < 4.78 is 42.4. The average Bonchev–Trinajstić information content (AvgIpc) is 2.19. The van der Waals surface area contributed by atoms with Crippen LogP contribution in [0.2, 0.25) is 5.02 Å². The SMILES string of the molecule is CCOC=Nc1ccc(Cl)cc1C(F)(F)F. The van der Waals surface area contributed by atoms with Gasteiger partial charge in [-0.1, -0.05) is 11.6 Å². The normalized spacial score (nSPS) is 12.1. The summed E-state index contributed by atoms with van der Waals surface area (Å²) in [5, 5.41) is 0.0164. The van der Waals surface area contributed by atoms with Gasteiger partial charge in [-0.25, -0.2) is 4.99 Å². The van der Waals surface area contributed by atoms with Crippen LogP contribution in [-0.2, 0) is 10.9 Å². The van der Waals surface area contributed by atoms with Gasteiger partial charge in [-0.05, 0) is 25.1 Å². The summed E-state index contributed by atoms with van der Waals surface area (Å²) in [6.07, 6.45) is -3.50. The molecule has 1 rings (SSSR count). The molecule has 0 spiro atoms. The van der Waals surface area contributed by atoms with E-state index in [2.05, 4.69) is 4.99 Å². The molecule has 0 amide bonds. The second-order valence-corrected chi connectivity index (χ2v) is 3.29. The number of hydrogen-bond donors (Lipinski definition) is 0. The molecule has 1 aromatic carbocycles. The van der Waals surface area contributed by atoms with E-state index in [1.54, 1.807) is 6.92 Å². The quantitative estimate of drug-likeness (QED) is 0.586. The smallest absolute Gasteiger partial charge is 0.418 e. The van der Waals surface area contributed by atoms with Crippen molar-refractivity contribution in [3.05, 3.63) is 28.8 Å². The van der Waals surface area contributed by atoms with Crippen LogP contribution in [0.15, 0.2) is 23.2 Å². The van der Waals surface area contributed by atoms with Crippen molar-refractivity contribution in [2.24, 2.45) is 4.99 Å². The Morgan fingerprint density at radius 3 is 2.69 bits per heavy atom. The number of benzene rings is 1. The van der Waals surface area contributed by atoms with Gasteiger partial charge in [-0.2, -0.15) is 13.2 Å². The van der Waals surface area contributed by atoms with Crippen LogP contribution in [0.25, 0.3) is 0 Å². The van der Waals surface area contributed by atoms with Crippen molar-refractivity contribution in [1.29, 1.82) is 0 Å². The highest BCUT2D eigenvalue weighted by Crippen LogP contribution is 2.37. The van der Waals surface area contributed by atoms with Gasteiger partial charge < -0.3 is 4.74 Å². The van der Waals surface area contributed by atoms with Crippen LogP contribution < -0.4 is 0 Å². The summed E-state index contributed by atoms with van der Waals surface area (Å²) in [5.74, 6) is 0. The third-order valence-corrected chi connectivity index (χ3v) is 1.93. The summed E-state index contributed by atoms with van der Waals surface area (Å²) in [6, 6.07) is 3.37. The fourth-order valence-corrected chi connectivity index (χ4v) is 1.19. The molecule has 88 valence electrons. The van der Waals surface area contributed by atoms with Crippen LogP contribution >= 0.6 is 11.6 Å². The number of ether oxygens (including phenoxy) is 1. The maximum atomic E-state index is 12.6. The van der Waals surface area contributed by atoms with E-state index >= 15 is 0 Å². The van der Waals surface area contributed by atoms with Crippen molar-refractivity contribution in [3.8, 4) is 0 Å². The maximum Gasteiger partial charge on any atom is 0.418 e. The third-order valence-electron chi connectivity index (χ3n) is 1.70. The number of hydrogen-bond acceptors (Lipinski definition) is 2. The molecule has 0 aromatic heterocycles. The first-order valence-corrected chi connectivity index (χ1v) is 4.84. The van der Waals surface area contributed by atoms with Crippen LogP contribution in [0, 0.1) is 0 Å². The predicted molar refractivity (Wildman–Crippen MR) is 56.2 cm³/mol. The van der Waals surface area contributed by atoms with Gasteiger partial charge in [0, 0.05) is 5.02 Å². The first-order chi connectivity index (χ1) is 7.45. The van der Waals surface area contributed by atoms with Gasteiger partial charge in [0.25, 0.3) is 0 Å². The third kappa shape index (κ3) is 3.41. The zero-order valence-corrected chi connectivity index (χ0v) is 9.14. The molecule has 2 nitrogen and oxygen atoms in total. The molecule has 16 heavy (non-hydrogen) atoms. The Labute approximate surface area is 95.7 Å². The van der Waals surface area contributed by atoms with Gasteiger partial charge in [0.05, 0.1) is 17.9 Å². The molecule has 0 fully saturated rings. The Morgan fingerprint density at radius 1 is 1.44 bits per heavy atom. The molecule has 0 N–H and O–H groups in total. The summed E-state index contributed by atoms with van der Waals surface area (Å²) in [7, 11) is 0. The van der Waals surface area contributed by atoms with Gasteiger partial charge in [0.2, 0.25) is 0 Å². The lowest BCUT2D eigenvalue weighted by molar-refractivity contribution is -0.137. The number of halogens is 4. The number of nitrogens with zero attached hydrogens (tertiary/aromatic N) is 1. The fourth-order valence-electron chi connectivity index (χ4n) is 1.02. The van der Waals surface area contributed by atoms with Gasteiger partial charge in [-0.15, -0.1) is 0 Å². The van der Waals surface area contributed by atoms with E-state index in [9.17, 15) is 13.2 Å². The van der Waals surface area contributed by atoms with E-state index in [1.807, 2.05) is 0 Å². The maximum absolute atomic E-state index is 12.6. The molecule has 6 heteroatoms. The van der Waals surface area contributed by atoms with Gasteiger partial charge in [-0.3, -0.25) is 0 Å². The van der Waals surface area contributed by atoms with E-state index < -0.39 is 11.7 Å². The van der Waals surface area contributed by atoms with Crippen LogP contribution in [0.1, 0.15) is 12.5 Å². The monoisotopic (exact) mass is 251 g/mol. The second-order valence-electron chi connectivity index (χ2n) is 2.85. The molecule has 0 bridgehead atoms. The van der Waals surface area contributed by atoms with Crippen LogP contribution in [-0.4, -0.2) is 13.0 Å². The minimum Gasteiger partial charge on any atom is -0.483 e. The Hall–Kier alpha value is -1.23. The summed E-state index contributed by atoms with van der Waals surface area (Å²) >= 11 is 5.50. The molecule has 0 aliphatic heterocycles. The number of alkyl halides is 3. The van der Waals surface area contributed by atoms with Crippen molar-refractivity contribution in [3.63, 3.8) is 0 Å². The van der Waals surface area contributed by atoms with Crippen LogP contribution in [0.5, 0.6) is 0 Å². The van der Waals surface area contributed by atoms with Gasteiger partial charge in [0.1, 0.15) is 0 Å². The summed E-state index contributed by atoms with van der Waals surface area (Å²) in [4.78, 5) is 3.58. The lowest BCUT2D eigenvalue weighted by Crippen LogP contribution is -2.05. The molecule has 0 unspecified atom stereocenters. The first-order valence-electron chi connectivity index (χ1n) is 4.46. The number of rotatable bonds is 3. The second kappa shape index (κ2) is 5.21. The van der Waals surface area contributed by atoms with Gasteiger partial charge >= 0.3 is 6.18 Å². The largest absolute Gasteiger partial charge is 0.483 e. The van der Waals surface area contributed by atoms with E-state index in [0.29, 0.717) is 6.61 Å². The van der Waals surface area contributed by atoms with E-state index in [0.717, 1.165) is 12.5 Å². The average molecular weight is 252 g/mol. The Morgan fingerprint density at radius 2 is 2.12 bits per heavy atom. The zero-order chi connectivity index (χ0) is 12.2. The van der Waals surface area contributed by atoms with Gasteiger partial charge in [0.15, 0.2) is 6.40 Å². The summed E-state index contributed by atoms with van der Waals surface area (Å²) in [5.41, 5.74) is -1.10. The van der Waals surface area contributed by atoms with E-state index in [1.165, 1.54) is 12.1 Å². The van der Waals surface area contributed by atoms with Crippen LogP contribution in [0.4, 0.5) is 18.9 Å². The predicted octanol–water partition coefficient (Wildman–Crippen LogP) is 4.06. The molecule has 0 atom stereocenters. The minimum atomic E-state index is -4.48. The van der Waals surface area contributed by atoms with Crippen molar-refractivity contribution in [2.75, 3.05) is 6.61 Å². The molecule has 0 heterocycles. The molecule has 0 aliphatic rings. The van der Waals surface area contributed by atoms with E-state index in [4.69, 9.17) is 16.3 Å². The first kappa shape index (κ1) is 12.8. The lowest BCUT2D eigenvalue weighted by atomic mass is 10.2. The number of aliphatic imine (C=N–C) groups is 1. The van der Waals surface area contributed by atoms with Crippen molar-refractivity contribution >= 4 is 23.7 Å². The summed E-state index contributed by atoms with van der Waals surface area (Å²) in [6.45, 7) is 2.05. The Bertz CT molecular complexity index is 390. The fraction of sp³-hybridized carbons (Fsp3) is 0.300. The molecule has 1 aromatic rings. The lowest BCUT2D eigenvalue weighted by Gasteiger charge is -2.09. The van der Waals surface area contributed by atoms with Crippen molar-refractivity contribution < 1.29 is 17.9 Å². The molecular weight excluding hydrogens is 243 g/mol. The highest BCUT2D eigenvalue weighted by molar-refractivity contribution is 6.30. The Kier molecular flexibility index (Phi) is 4.18. The topological polar surface area (TPSA) is 21.6 Å². The Balaban J connectivity index is 3.08. The zero-order valence-electron chi connectivity index (χ0n) is 8.38. The molecule has 0 aliphatic carbocycles. The molecule has 0 saturated heterocycles. The van der Waals surface area contributed by atoms with Crippen LogP contribution in [0.3, 0.4) is 0 Å². The molecular formula is C10H9ClF3NO. The van der Waals surface area contributed by atoms with Crippen molar-refractivity contribution in [1.82, 2.24) is 0 Å².